The number of hydrogen-bond acceptors (Lipinski definition) is 2. The minimum absolute atomic E-state index is 0.603. The van der Waals surface area contributed by atoms with E-state index in [1.165, 1.54) is 12.8 Å². The quantitative estimate of drug-likeness (QED) is 0.781. The van der Waals surface area contributed by atoms with Gasteiger partial charge in [-0.05, 0) is 24.7 Å². The normalized spacial score (nSPS) is 32.1. The van der Waals surface area contributed by atoms with Gasteiger partial charge in [0.05, 0.1) is 0 Å². The molecular weight excluding hydrogens is 174 g/mol. The Morgan fingerprint density at radius 2 is 2.21 bits per heavy atom. The second-order valence-corrected chi connectivity index (χ2v) is 4.53. The number of aromatic nitrogens is 2. The van der Waals surface area contributed by atoms with Crippen molar-refractivity contribution in [3.63, 3.8) is 0 Å². The molecule has 1 aromatic rings. The third-order valence-corrected chi connectivity index (χ3v) is 3.60. The fraction of sp³-hybridized carbons (Fsp3) is 0.727. The summed E-state index contributed by atoms with van der Waals surface area (Å²) in [6.45, 7) is 4.67. The molecule has 3 nitrogen and oxygen atoms in total. The third-order valence-electron chi connectivity index (χ3n) is 3.60. The molecule has 1 aromatic heterocycles. The Bertz CT molecular complexity index is 305. The van der Waals surface area contributed by atoms with Crippen LogP contribution in [0, 0.1) is 11.8 Å². The van der Waals surface area contributed by atoms with Crippen molar-refractivity contribution in [3.8, 4) is 0 Å². The summed E-state index contributed by atoms with van der Waals surface area (Å²) < 4.78 is 2.04. The molecule has 1 aliphatic rings. The molecule has 1 heterocycles. The topological polar surface area (TPSA) is 29.9 Å². The van der Waals surface area contributed by atoms with Gasteiger partial charge in [-0.3, -0.25) is 0 Å². The molecule has 3 heteroatoms. The maximum atomic E-state index is 4.29. The lowest BCUT2D eigenvalue weighted by Gasteiger charge is -2.20. The van der Waals surface area contributed by atoms with E-state index < -0.39 is 0 Å². The molecule has 0 aliphatic heterocycles. The first-order valence-corrected chi connectivity index (χ1v) is 5.42. The van der Waals surface area contributed by atoms with Crippen LogP contribution in [0.3, 0.4) is 0 Å². The Labute approximate surface area is 85.5 Å². The van der Waals surface area contributed by atoms with Gasteiger partial charge in [-0.1, -0.05) is 13.8 Å². The average molecular weight is 193 g/mol. The Balaban J connectivity index is 2.02. The van der Waals surface area contributed by atoms with E-state index in [1.54, 1.807) is 0 Å². The second kappa shape index (κ2) is 3.64. The number of rotatable bonds is 2. The molecule has 0 saturated heterocycles. The Kier molecular flexibility index (Phi) is 2.48. The molecule has 1 saturated carbocycles. The van der Waals surface area contributed by atoms with Crippen molar-refractivity contribution in [2.24, 2.45) is 18.9 Å². The van der Waals surface area contributed by atoms with Crippen molar-refractivity contribution in [2.75, 3.05) is 5.32 Å². The molecule has 0 bridgehead atoms. The van der Waals surface area contributed by atoms with Crippen molar-refractivity contribution >= 4 is 5.95 Å². The molecule has 1 N–H and O–H groups in total. The van der Waals surface area contributed by atoms with Gasteiger partial charge in [0.1, 0.15) is 0 Å². The molecule has 1 fully saturated rings. The molecule has 0 spiro atoms. The summed E-state index contributed by atoms with van der Waals surface area (Å²) >= 11 is 0. The third kappa shape index (κ3) is 1.63. The fourth-order valence-corrected chi connectivity index (χ4v) is 2.24. The molecule has 0 amide bonds. The number of nitrogens with one attached hydrogen (secondary N) is 1. The zero-order valence-electron chi connectivity index (χ0n) is 9.20. The van der Waals surface area contributed by atoms with Crippen LogP contribution in [0.4, 0.5) is 5.95 Å². The lowest BCUT2D eigenvalue weighted by molar-refractivity contribution is 0.434. The van der Waals surface area contributed by atoms with Crippen LogP contribution in [-0.2, 0) is 7.05 Å². The highest BCUT2D eigenvalue weighted by Gasteiger charge is 2.30. The fourth-order valence-electron chi connectivity index (χ4n) is 2.24. The standard InChI is InChI=1S/C11H19N3/c1-8-4-5-10(9(8)2)13-11-12-6-7-14(11)3/h6-10H,4-5H2,1-3H3,(H,12,13). The smallest absolute Gasteiger partial charge is 0.202 e. The van der Waals surface area contributed by atoms with E-state index in [4.69, 9.17) is 0 Å². The Morgan fingerprint density at radius 3 is 2.71 bits per heavy atom. The first kappa shape index (κ1) is 9.56. The molecule has 3 atom stereocenters. The van der Waals surface area contributed by atoms with Crippen molar-refractivity contribution < 1.29 is 0 Å². The summed E-state index contributed by atoms with van der Waals surface area (Å²) in [4.78, 5) is 4.29. The summed E-state index contributed by atoms with van der Waals surface area (Å²) in [6.07, 6.45) is 6.43. The van der Waals surface area contributed by atoms with Crippen molar-refractivity contribution in [1.82, 2.24) is 9.55 Å². The van der Waals surface area contributed by atoms with E-state index in [1.807, 2.05) is 24.0 Å². The largest absolute Gasteiger partial charge is 0.353 e. The van der Waals surface area contributed by atoms with Crippen LogP contribution in [0.1, 0.15) is 26.7 Å². The van der Waals surface area contributed by atoms with Gasteiger partial charge in [-0.25, -0.2) is 4.98 Å². The number of imidazole rings is 1. The molecule has 14 heavy (non-hydrogen) atoms. The first-order valence-electron chi connectivity index (χ1n) is 5.42. The van der Waals surface area contributed by atoms with Crippen LogP contribution in [0.15, 0.2) is 12.4 Å². The van der Waals surface area contributed by atoms with Gasteiger partial charge in [0.15, 0.2) is 0 Å². The molecule has 78 valence electrons. The van der Waals surface area contributed by atoms with Gasteiger partial charge in [-0.2, -0.15) is 0 Å². The van der Waals surface area contributed by atoms with Gasteiger partial charge >= 0.3 is 0 Å². The second-order valence-electron chi connectivity index (χ2n) is 4.53. The highest BCUT2D eigenvalue weighted by Crippen LogP contribution is 2.32. The highest BCUT2D eigenvalue weighted by atomic mass is 15.2. The van der Waals surface area contributed by atoms with E-state index in [9.17, 15) is 0 Å². The molecule has 2 rings (SSSR count). The number of anilines is 1. The van der Waals surface area contributed by atoms with Gasteiger partial charge in [-0.15, -0.1) is 0 Å². The van der Waals surface area contributed by atoms with Gasteiger partial charge < -0.3 is 9.88 Å². The Morgan fingerprint density at radius 1 is 1.43 bits per heavy atom. The van der Waals surface area contributed by atoms with Crippen LogP contribution < -0.4 is 5.32 Å². The van der Waals surface area contributed by atoms with E-state index in [-0.39, 0.29) is 0 Å². The van der Waals surface area contributed by atoms with E-state index in [0.29, 0.717) is 6.04 Å². The summed E-state index contributed by atoms with van der Waals surface area (Å²) in [6, 6.07) is 0.603. The zero-order chi connectivity index (χ0) is 10.1. The number of aryl methyl sites for hydroxylation is 1. The van der Waals surface area contributed by atoms with Crippen molar-refractivity contribution in [1.29, 1.82) is 0 Å². The minimum atomic E-state index is 0.603. The van der Waals surface area contributed by atoms with Crippen LogP contribution in [0.25, 0.3) is 0 Å². The predicted octanol–water partition coefficient (Wildman–Crippen LogP) is 2.27. The monoisotopic (exact) mass is 193 g/mol. The molecule has 3 unspecified atom stereocenters. The van der Waals surface area contributed by atoms with Gasteiger partial charge in [0, 0.05) is 25.5 Å². The number of nitrogens with zero attached hydrogens (tertiary/aromatic N) is 2. The van der Waals surface area contributed by atoms with Crippen molar-refractivity contribution in [3.05, 3.63) is 12.4 Å². The van der Waals surface area contributed by atoms with E-state index in [0.717, 1.165) is 17.8 Å². The van der Waals surface area contributed by atoms with Crippen LogP contribution in [0.5, 0.6) is 0 Å². The summed E-state index contributed by atoms with van der Waals surface area (Å²) in [7, 11) is 2.03. The van der Waals surface area contributed by atoms with E-state index in [2.05, 4.69) is 24.1 Å². The SMILES string of the molecule is CC1CCC(Nc2nccn2C)C1C. The van der Waals surface area contributed by atoms with Crippen LogP contribution >= 0.6 is 0 Å². The van der Waals surface area contributed by atoms with Gasteiger partial charge in [0.2, 0.25) is 5.95 Å². The van der Waals surface area contributed by atoms with Crippen molar-refractivity contribution in [2.45, 2.75) is 32.7 Å². The van der Waals surface area contributed by atoms with Crippen LogP contribution in [-0.4, -0.2) is 15.6 Å². The first-order chi connectivity index (χ1) is 6.68. The molecule has 0 radical (unpaired) electrons. The predicted molar refractivity (Wildman–Crippen MR) is 58.2 cm³/mol. The maximum Gasteiger partial charge on any atom is 0.202 e. The molecular formula is C11H19N3. The van der Waals surface area contributed by atoms with E-state index >= 15 is 0 Å². The summed E-state index contributed by atoms with van der Waals surface area (Å²) in [5, 5.41) is 3.52. The lowest BCUT2D eigenvalue weighted by Crippen LogP contribution is -2.25. The lowest BCUT2D eigenvalue weighted by atomic mass is 9.98. The van der Waals surface area contributed by atoms with Crippen LogP contribution in [0.2, 0.25) is 0 Å². The molecule has 1 aliphatic carbocycles. The minimum Gasteiger partial charge on any atom is -0.353 e. The Hall–Kier alpha value is -0.990. The summed E-state index contributed by atoms with van der Waals surface area (Å²) in [5.41, 5.74) is 0. The average Bonchev–Trinajstić information content (AvgIpc) is 2.68. The summed E-state index contributed by atoms with van der Waals surface area (Å²) in [5.74, 6) is 2.59. The molecule has 0 aromatic carbocycles. The maximum absolute atomic E-state index is 4.29. The zero-order valence-corrected chi connectivity index (χ0v) is 9.20. The highest BCUT2D eigenvalue weighted by molar-refractivity contribution is 5.28. The number of hydrogen-bond donors (Lipinski definition) is 1. The van der Waals surface area contributed by atoms with Gasteiger partial charge in [0.25, 0.3) is 0 Å².